The second-order valence-corrected chi connectivity index (χ2v) is 7.56. The van der Waals surface area contributed by atoms with Gasteiger partial charge in [0.2, 0.25) is 0 Å². The summed E-state index contributed by atoms with van der Waals surface area (Å²) in [5.74, 6) is -0.121. The first-order valence-corrected chi connectivity index (χ1v) is 10.3. The van der Waals surface area contributed by atoms with Crippen molar-refractivity contribution in [3.8, 4) is 11.5 Å². The number of benzene rings is 2. The number of hydrogen-bond donors (Lipinski definition) is 1. The van der Waals surface area contributed by atoms with Crippen LogP contribution in [0.15, 0.2) is 73.1 Å². The van der Waals surface area contributed by atoms with Gasteiger partial charge in [-0.2, -0.15) is 0 Å². The van der Waals surface area contributed by atoms with Crippen molar-refractivity contribution >= 4 is 11.6 Å². The summed E-state index contributed by atoms with van der Waals surface area (Å²) in [7, 11) is 0. The highest BCUT2D eigenvalue weighted by Crippen LogP contribution is 2.20. The third-order valence-corrected chi connectivity index (χ3v) is 4.94. The maximum Gasteiger partial charge on any atom is 0.255 e. The molecule has 0 bridgehead atoms. The number of halogens is 1. The minimum atomic E-state index is -0.438. The first-order chi connectivity index (χ1) is 15.5. The molecular weight excluding hydrogens is 409 g/mol. The Morgan fingerprint density at radius 3 is 2.59 bits per heavy atom. The summed E-state index contributed by atoms with van der Waals surface area (Å²) in [6, 6.07) is 16.8. The minimum absolute atomic E-state index is 0.135. The molecule has 0 aliphatic heterocycles. The Labute approximate surface area is 185 Å². The minimum Gasteiger partial charge on any atom is -0.488 e. The molecule has 32 heavy (non-hydrogen) atoms. The molecule has 2 heterocycles. The molecule has 4 rings (SSSR count). The van der Waals surface area contributed by atoms with Crippen molar-refractivity contribution in [2.45, 2.75) is 26.5 Å². The average molecular weight is 433 g/mol. The molecule has 0 spiro atoms. The van der Waals surface area contributed by atoms with E-state index in [4.69, 9.17) is 9.47 Å². The fraction of sp³-hybridized carbons (Fsp3) is 0.200. The lowest BCUT2D eigenvalue weighted by atomic mass is 10.1. The van der Waals surface area contributed by atoms with Crippen LogP contribution in [-0.2, 0) is 6.61 Å². The van der Waals surface area contributed by atoms with Crippen molar-refractivity contribution in [1.29, 1.82) is 0 Å². The van der Waals surface area contributed by atoms with Gasteiger partial charge in [0.05, 0.1) is 17.3 Å². The van der Waals surface area contributed by atoms with E-state index in [1.165, 1.54) is 6.07 Å². The Hall–Kier alpha value is -3.87. The van der Waals surface area contributed by atoms with E-state index < -0.39 is 5.82 Å². The number of fused-ring (bicyclic) bond motifs is 1. The second kappa shape index (κ2) is 9.51. The SMILES string of the molecule is Cc1cccn2cc(COc3ccccc3C(=O)NC(C)COc3ccccc3F)nc12. The zero-order valence-electron chi connectivity index (χ0n) is 17.9. The maximum absolute atomic E-state index is 13.7. The van der Waals surface area contributed by atoms with Gasteiger partial charge >= 0.3 is 0 Å². The second-order valence-electron chi connectivity index (χ2n) is 7.56. The molecule has 164 valence electrons. The topological polar surface area (TPSA) is 64.9 Å². The molecule has 1 unspecified atom stereocenters. The molecule has 0 aliphatic carbocycles. The van der Waals surface area contributed by atoms with Gasteiger partial charge < -0.3 is 19.2 Å². The fourth-order valence-corrected chi connectivity index (χ4v) is 3.33. The van der Waals surface area contributed by atoms with Crippen LogP contribution in [0.5, 0.6) is 11.5 Å². The van der Waals surface area contributed by atoms with Gasteiger partial charge in [0.1, 0.15) is 24.6 Å². The maximum atomic E-state index is 13.7. The molecule has 0 radical (unpaired) electrons. The van der Waals surface area contributed by atoms with Crippen LogP contribution in [0.4, 0.5) is 4.39 Å². The predicted octanol–water partition coefficient (Wildman–Crippen LogP) is 4.56. The number of aromatic nitrogens is 2. The summed E-state index contributed by atoms with van der Waals surface area (Å²) in [6.45, 7) is 4.17. The third-order valence-electron chi connectivity index (χ3n) is 4.94. The van der Waals surface area contributed by atoms with Crippen molar-refractivity contribution in [2.75, 3.05) is 6.61 Å². The van der Waals surface area contributed by atoms with Gasteiger partial charge in [-0.15, -0.1) is 0 Å². The first kappa shape index (κ1) is 21.4. The summed E-state index contributed by atoms with van der Waals surface area (Å²) in [5.41, 5.74) is 3.12. The van der Waals surface area contributed by atoms with Crippen LogP contribution in [0.2, 0.25) is 0 Å². The van der Waals surface area contributed by atoms with E-state index in [-0.39, 0.29) is 30.9 Å². The molecule has 1 amide bonds. The highest BCUT2D eigenvalue weighted by Gasteiger charge is 2.16. The quantitative estimate of drug-likeness (QED) is 0.443. The molecule has 0 fully saturated rings. The summed E-state index contributed by atoms with van der Waals surface area (Å²) < 4.78 is 27.0. The standard InChI is InChI=1S/C25H24FN3O3/c1-17-8-7-13-29-14-19(28-24(17)29)16-32-22-11-5-3-9-20(22)25(30)27-18(2)15-31-23-12-6-4-10-21(23)26/h3-14,18H,15-16H2,1-2H3,(H,27,30). The number of carbonyl (C=O) groups is 1. The van der Waals surface area contributed by atoms with Crippen LogP contribution >= 0.6 is 0 Å². The molecule has 0 aliphatic rings. The fourth-order valence-electron chi connectivity index (χ4n) is 3.33. The van der Waals surface area contributed by atoms with Gasteiger partial charge in [-0.3, -0.25) is 4.79 Å². The molecule has 6 nitrogen and oxygen atoms in total. The third kappa shape index (κ3) is 4.88. The number of ether oxygens (including phenoxy) is 2. The van der Waals surface area contributed by atoms with Gasteiger partial charge in [0.15, 0.2) is 11.6 Å². The van der Waals surface area contributed by atoms with Crippen molar-refractivity contribution in [3.63, 3.8) is 0 Å². The average Bonchev–Trinajstić information content (AvgIpc) is 3.22. The van der Waals surface area contributed by atoms with Crippen LogP contribution in [0.3, 0.4) is 0 Å². The van der Waals surface area contributed by atoms with E-state index in [9.17, 15) is 9.18 Å². The molecule has 2 aromatic heterocycles. The van der Waals surface area contributed by atoms with Gasteiger partial charge in [-0.05, 0) is 49.7 Å². The Kier molecular flexibility index (Phi) is 6.35. The van der Waals surface area contributed by atoms with Crippen LogP contribution in [-0.4, -0.2) is 27.9 Å². The highest BCUT2D eigenvalue weighted by atomic mass is 19.1. The van der Waals surface area contributed by atoms with E-state index in [1.54, 1.807) is 43.3 Å². The summed E-state index contributed by atoms with van der Waals surface area (Å²) in [6.07, 6.45) is 3.85. The number of aryl methyl sites for hydroxylation is 1. The number of imidazole rings is 1. The van der Waals surface area contributed by atoms with Crippen molar-refractivity contribution in [1.82, 2.24) is 14.7 Å². The van der Waals surface area contributed by atoms with Gasteiger partial charge in [0, 0.05) is 12.4 Å². The zero-order valence-corrected chi connectivity index (χ0v) is 17.9. The number of carbonyl (C=O) groups excluding carboxylic acids is 1. The predicted molar refractivity (Wildman–Crippen MR) is 120 cm³/mol. The van der Waals surface area contributed by atoms with E-state index in [0.29, 0.717) is 11.3 Å². The number of rotatable bonds is 8. The Bertz CT molecular complexity index is 1240. The molecule has 7 heteroatoms. The molecule has 0 saturated carbocycles. The molecule has 2 aromatic carbocycles. The van der Waals surface area contributed by atoms with E-state index in [0.717, 1.165) is 16.9 Å². The van der Waals surface area contributed by atoms with Crippen LogP contribution in [0.1, 0.15) is 28.5 Å². The summed E-state index contributed by atoms with van der Waals surface area (Å²) >= 11 is 0. The number of pyridine rings is 1. The van der Waals surface area contributed by atoms with Gasteiger partial charge in [-0.1, -0.05) is 30.3 Å². The van der Waals surface area contributed by atoms with Crippen molar-refractivity contribution in [3.05, 3.63) is 95.7 Å². The lowest BCUT2D eigenvalue weighted by Crippen LogP contribution is -2.37. The number of para-hydroxylation sites is 2. The van der Waals surface area contributed by atoms with Gasteiger partial charge in [-0.25, -0.2) is 9.37 Å². The molecular formula is C25H24FN3O3. The van der Waals surface area contributed by atoms with E-state index in [2.05, 4.69) is 10.3 Å². The Morgan fingerprint density at radius 1 is 1.06 bits per heavy atom. The van der Waals surface area contributed by atoms with Crippen LogP contribution in [0, 0.1) is 12.7 Å². The largest absolute Gasteiger partial charge is 0.488 e. The molecule has 4 aromatic rings. The lowest BCUT2D eigenvalue weighted by molar-refractivity contribution is 0.0921. The van der Waals surface area contributed by atoms with Crippen molar-refractivity contribution < 1.29 is 18.7 Å². The highest BCUT2D eigenvalue weighted by molar-refractivity contribution is 5.97. The van der Waals surface area contributed by atoms with Crippen molar-refractivity contribution in [2.24, 2.45) is 0 Å². The summed E-state index contributed by atoms with van der Waals surface area (Å²) in [5, 5.41) is 2.87. The molecule has 1 atom stereocenters. The monoisotopic (exact) mass is 433 g/mol. The number of hydrogen-bond acceptors (Lipinski definition) is 4. The van der Waals surface area contributed by atoms with Crippen LogP contribution < -0.4 is 14.8 Å². The normalized spacial score (nSPS) is 11.8. The lowest BCUT2D eigenvalue weighted by Gasteiger charge is -2.17. The molecule has 1 N–H and O–H groups in total. The first-order valence-electron chi connectivity index (χ1n) is 10.3. The Morgan fingerprint density at radius 2 is 1.81 bits per heavy atom. The zero-order chi connectivity index (χ0) is 22.5. The van der Waals surface area contributed by atoms with E-state index in [1.807, 2.05) is 41.9 Å². The molecule has 0 saturated heterocycles. The summed E-state index contributed by atoms with van der Waals surface area (Å²) in [4.78, 5) is 17.4. The van der Waals surface area contributed by atoms with Crippen LogP contribution in [0.25, 0.3) is 5.65 Å². The Balaban J connectivity index is 1.39. The van der Waals surface area contributed by atoms with Gasteiger partial charge in [0.25, 0.3) is 5.91 Å². The number of amides is 1. The smallest absolute Gasteiger partial charge is 0.255 e. The number of nitrogens with one attached hydrogen (secondary N) is 1. The number of nitrogens with zero attached hydrogens (tertiary/aromatic N) is 2. The van der Waals surface area contributed by atoms with E-state index >= 15 is 0 Å².